The van der Waals surface area contributed by atoms with Crippen LogP contribution >= 0.6 is 0 Å². The average molecular weight is 561 g/mol. The van der Waals surface area contributed by atoms with Gasteiger partial charge in [-0.25, -0.2) is 9.59 Å². The maximum absolute atomic E-state index is 12.3. The standard InChI is InChI=1S/C14H25NO5.C13H23NO5/c1-13(2,3)20-12(17)15-8-10(11(16)19-6)7-14(15,4)9-18-5;1-12(2,3)19-11(17)14-7-9(10(15)16)6-13(14,4)8-18-5/h10H,7-9H2,1-6H3;9H,6-8H2,1-5H3,(H,15,16)/t10-,14-;9-,13-/m00/s1. The number of nitrogens with zero attached hydrogens (tertiary/aromatic N) is 2. The molecule has 39 heavy (non-hydrogen) atoms. The van der Waals surface area contributed by atoms with Crippen LogP contribution < -0.4 is 0 Å². The molecule has 0 aromatic rings. The topological polar surface area (TPSA) is 141 Å². The molecule has 2 aliphatic heterocycles. The number of likely N-dealkylation sites (tertiary alicyclic amines) is 2. The van der Waals surface area contributed by atoms with Gasteiger partial charge in [-0.15, -0.1) is 0 Å². The Bertz CT molecular complexity index is 881. The summed E-state index contributed by atoms with van der Waals surface area (Å²) in [5, 5.41) is 9.13. The number of hydrogen-bond donors (Lipinski definition) is 1. The maximum Gasteiger partial charge on any atom is 0.410 e. The van der Waals surface area contributed by atoms with E-state index < -0.39 is 46.4 Å². The van der Waals surface area contributed by atoms with E-state index in [-0.39, 0.29) is 25.0 Å². The van der Waals surface area contributed by atoms with Crippen LogP contribution in [0.1, 0.15) is 68.2 Å². The van der Waals surface area contributed by atoms with Gasteiger partial charge < -0.3 is 28.8 Å². The number of amides is 2. The fourth-order valence-electron chi connectivity index (χ4n) is 4.90. The van der Waals surface area contributed by atoms with Crippen molar-refractivity contribution in [2.45, 2.75) is 90.5 Å². The van der Waals surface area contributed by atoms with E-state index in [0.717, 1.165) is 0 Å². The first-order valence-corrected chi connectivity index (χ1v) is 13.0. The number of rotatable bonds is 6. The van der Waals surface area contributed by atoms with Crippen LogP contribution in [0.15, 0.2) is 0 Å². The maximum atomic E-state index is 12.3. The quantitative estimate of drug-likeness (QED) is 0.379. The monoisotopic (exact) mass is 560 g/mol. The van der Waals surface area contributed by atoms with Gasteiger partial charge in [-0.2, -0.15) is 0 Å². The largest absolute Gasteiger partial charge is 0.481 e. The van der Waals surface area contributed by atoms with Crippen LogP contribution in [-0.4, -0.2) is 109 Å². The van der Waals surface area contributed by atoms with E-state index in [9.17, 15) is 19.2 Å². The zero-order chi connectivity index (χ0) is 30.4. The van der Waals surface area contributed by atoms with Crippen LogP contribution in [0.5, 0.6) is 0 Å². The van der Waals surface area contributed by atoms with Crippen molar-refractivity contribution in [1.82, 2.24) is 9.80 Å². The molecular formula is C27H48N2O10. The lowest BCUT2D eigenvalue weighted by Crippen LogP contribution is -2.49. The minimum atomic E-state index is -0.895. The lowest BCUT2D eigenvalue weighted by Gasteiger charge is -2.35. The number of ether oxygens (including phenoxy) is 5. The van der Waals surface area contributed by atoms with Crippen LogP contribution in [0, 0.1) is 11.8 Å². The average Bonchev–Trinajstić information content (AvgIpc) is 3.29. The summed E-state index contributed by atoms with van der Waals surface area (Å²) in [6.45, 7) is 15.6. The molecule has 4 atom stereocenters. The predicted octanol–water partition coefficient (Wildman–Crippen LogP) is 3.55. The van der Waals surface area contributed by atoms with Gasteiger partial charge in [-0.1, -0.05) is 0 Å². The van der Waals surface area contributed by atoms with Gasteiger partial charge >= 0.3 is 24.1 Å². The summed E-state index contributed by atoms with van der Waals surface area (Å²) in [5.41, 5.74) is -2.38. The molecule has 0 aliphatic carbocycles. The lowest BCUT2D eigenvalue weighted by atomic mass is 9.95. The minimum Gasteiger partial charge on any atom is -0.481 e. The Labute approximate surface area is 232 Å². The number of esters is 1. The summed E-state index contributed by atoms with van der Waals surface area (Å²) in [4.78, 5) is 50.4. The van der Waals surface area contributed by atoms with Crippen LogP contribution in [0.25, 0.3) is 0 Å². The summed E-state index contributed by atoms with van der Waals surface area (Å²) < 4.78 is 25.8. The van der Waals surface area contributed by atoms with Crippen LogP contribution in [0.3, 0.4) is 0 Å². The van der Waals surface area contributed by atoms with Crippen LogP contribution in [0.2, 0.25) is 0 Å². The normalized spacial score (nSPS) is 26.9. The molecule has 2 aliphatic rings. The zero-order valence-electron chi connectivity index (χ0n) is 25.4. The molecule has 2 amide bonds. The van der Waals surface area contributed by atoms with Gasteiger partial charge in [0.1, 0.15) is 11.2 Å². The molecule has 12 heteroatoms. The van der Waals surface area contributed by atoms with E-state index in [1.165, 1.54) is 19.1 Å². The highest BCUT2D eigenvalue weighted by molar-refractivity contribution is 5.77. The fourth-order valence-corrected chi connectivity index (χ4v) is 4.90. The number of aliphatic carboxylic acids is 1. The highest BCUT2D eigenvalue weighted by Crippen LogP contribution is 2.36. The van der Waals surface area contributed by atoms with Crippen molar-refractivity contribution in [3.8, 4) is 0 Å². The molecule has 0 aromatic heterocycles. The highest BCUT2D eigenvalue weighted by Gasteiger charge is 2.50. The molecule has 2 rings (SSSR count). The van der Waals surface area contributed by atoms with E-state index >= 15 is 0 Å². The van der Waals surface area contributed by atoms with E-state index in [2.05, 4.69) is 0 Å². The van der Waals surface area contributed by atoms with E-state index in [0.29, 0.717) is 26.0 Å². The molecule has 1 N–H and O–H groups in total. The first-order valence-electron chi connectivity index (χ1n) is 13.0. The summed E-state index contributed by atoms with van der Waals surface area (Å²) in [6.07, 6.45) is -0.0402. The second-order valence-electron chi connectivity index (χ2n) is 12.7. The molecule has 2 fully saturated rings. The molecule has 0 bridgehead atoms. The van der Waals surface area contributed by atoms with E-state index in [1.807, 2.05) is 34.6 Å². The Morgan fingerprint density at radius 1 is 0.744 bits per heavy atom. The molecule has 0 aromatic carbocycles. The zero-order valence-corrected chi connectivity index (χ0v) is 25.4. The van der Waals surface area contributed by atoms with Gasteiger partial charge in [-0.05, 0) is 68.2 Å². The number of carboxylic acid groups (broad SMARTS) is 1. The van der Waals surface area contributed by atoms with Crippen LogP contribution in [0.4, 0.5) is 9.59 Å². The molecule has 12 nitrogen and oxygen atoms in total. The third-order valence-electron chi connectivity index (χ3n) is 6.50. The van der Waals surface area contributed by atoms with Crippen molar-refractivity contribution in [1.29, 1.82) is 0 Å². The second kappa shape index (κ2) is 13.2. The number of hydrogen-bond acceptors (Lipinski definition) is 9. The molecule has 2 saturated heterocycles. The van der Waals surface area contributed by atoms with Gasteiger partial charge in [0.15, 0.2) is 0 Å². The lowest BCUT2D eigenvalue weighted by molar-refractivity contribution is -0.145. The SMILES string of the molecule is COC[C@]1(C)C[C@H](C(=O)O)CN1C(=O)OC(C)(C)C.COC[C@]1(C)C[C@H](C(=O)OC)CN1C(=O)OC(C)(C)C. The first-order chi connectivity index (χ1) is 17.7. The number of methoxy groups -OCH3 is 3. The van der Waals surface area contributed by atoms with Gasteiger partial charge in [0.25, 0.3) is 0 Å². The minimum absolute atomic E-state index is 0.157. The fraction of sp³-hybridized carbons (Fsp3) is 0.852. The van der Waals surface area contributed by atoms with Gasteiger partial charge in [-0.3, -0.25) is 19.4 Å². The molecule has 0 saturated carbocycles. The van der Waals surface area contributed by atoms with Crippen molar-refractivity contribution >= 4 is 24.1 Å². The molecular weight excluding hydrogens is 512 g/mol. The third kappa shape index (κ3) is 9.82. The summed E-state index contributed by atoms with van der Waals surface area (Å²) >= 11 is 0. The molecule has 0 unspecified atom stereocenters. The van der Waals surface area contributed by atoms with E-state index in [4.69, 9.17) is 28.8 Å². The predicted molar refractivity (Wildman–Crippen MR) is 142 cm³/mol. The third-order valence-corrected chi connectivity index (χ3v) is 6.50. The Hall–Kier alpha value is -2.60. The van der Waals surface area contributed by atoms with Crippen LogP contribution in [-0.2, 0) is 33.3 Å². The molecule has 2 heterocycles. The Kier molecular flexibility index (Phi) is 11.6. The second-order valence-corrected chi connectivity index (χ2v) is 12.7. The van der Waals surface area contributed by atoms with Crippen molar-refractivity contribution in [3.63, 3.8) is 0 Å². The number of carbonyl (C=O) groups is 4. The highest BCUT2D eigenvalue weighted by atomic mass is 16.6. The van der Waals surface area contributed by atoms with Crippen molar-refractivity contribution < 1.29 is 48.0 Å². The summed E-state index contributed by atoms with van der Waals surface area (Å²) in [7, 11) is 4.46. The smallest absolute Gasteiger partial charge is 0.410 e. The van der Waals surface area contributed by atoms with Gasteiger partial charge in [0.05, 0.1) is 43.2 Å². The van der Waals surface area contributed by atoms with E-state index in [1.54, 1.807) is 32.8 Å². The molecule has 0 spiro atoms. The number of carboxylic acids is 1. The first kappa shape index (κ1) is 34.4. The number of carbonyl (C=O) groups excluding carboxylic acids is 3. The van der Waals surface area contributed by atoms with Gasteiger partial charge in [0.2, 0.25) is 0 Å². The Balaban J connectivity index is 0.000000391. The van der Waals surface area contributed by atoms with Crippen molar-refractivity contribution in [2.75, 3.05) is 47.6 Å². The summed E-state index contributed by atoms with van der Waals surface area (Å²) in [6, 6.07) is 0. The molecule has 226 valence electrons. The molecule has 0 radical (unpaired) electrons. The van der Waals surface area contributed by atoms with Crippen molar-refractivity contribution in [2.24, 2.45) is 11.8 Å². The Morgan fingerprint density at radius 3 is 1.41 bits per heavy atom. The van der Waals surface area contributed by atoms with Gasteiger partial charge in [0, 0.05) is 27.3 Å². The van der Waals surface area contributed by atoms with Crippen molar-refractivity contribution in [3.05, 3.63) is 0 Å². The summed E-state index contributed by atoms with van der Waals surface area (Å²) in [5.74, 6) is -2.12. The Morgan fingerprint density at radius 2 is 1.10 bits per heavy atom.